The van der Waals surface area contributed by atoms with Gasteiger partial charge in [-0.1, -0.05) is 18.2 Å². The smallest absolute Gasteiger partial charge is 0.326 e. The predicted molar refractivity (Wildman–Crippen MR) is 74.9 cm³/mol. The number of carbonyl (C=O) groups is 3. The molecule has 0 aliphatic carbocycles. The van der Waals surface area contributed by atoms with Crippen LogP contribution in [0.4, 0.5) is 5.69 Å². The molecule has 0 bridgehead atoms. The molecule has 0 saturated carbocycles. The average molecular weight is 292 g/mol. The van der Waals surface area contributed by atoms with E-state index in [1.54, 1.807) is 37.3 Å². The summed E-state index contributed by atoms with van der Waals surface area (Å²) in [6, 6.07) is 8.55. The Morgan fingerprint density at radius 2 is 1.85 bits per heavy atom. The van der Waals surface area contributed by atoms with Gasteiger partial charge in [0.2, 0.25) is 0 Å². The van der Waals surface area contributed by atoms with Gasteiger partial charge >= 0.3 is 17.8 Å². The van der Waals surface area contributed by atoms with Gasteiger partial charge in [-0.2, -0.15) is 0 Å². The molecular formula is C13H12N2O4S. The Morgan fingerprint density at radius 3 is 2.45 bits per heavy atom. The summed E-state index contributed by atoms with van der Waals surface area (Å²) < 4.78 is 4.75. The molecule has 0 aromatic heterocycles. The Morgan fingerprint density at radius 1 is 1.20 bits per heavy atom. The fourth-order valence-electron chi connectivity index (χ4n) is 1.79. The van der Waals surface area contributed by atoms with E-state index in [1.165, 1.54) is 0 Å². The van der Waals surface area contributed by atoms with Gasteiger partial charge in [-0.05, 0) is 31.3 Å². The highest BCUT2D eigenvalue weighted by Crippen LogP contribution is 2.21. The molecule has 20 heavy (non-hydrogen) atoms. The Labute approximate surface area is 120 Å². The van der Waals surface area contributed by atoms with Gasteiger partial charge in [-0.25, -0.2) is 4.90 Å². The average Bonchev–Trinajstić information content (AvgIpc) is 2.64. The number of rotatable bonds is 4. The van der Waals surface area contributed by atoms with E-state index in [0.717, 1.165) is 9.80 Å². The number of ether oxygens (including phenoxy) is 1. The molecule has 0 N–H and O–H groups in total. The van der Waals surface area contributed by atoms with Crippen LogP contribution in [0.15, 0.2) is 30.3 Å². The zero-order chi connectivity index (χ0) is 14.7. The van der Waals surface area contributed by atoms with Crippen LogP contribution >= 0.6 is 12.2 Å². The molecule has 1 aromatic rings. The quantitative estimate of drug-likeness (QED) is 0.464. The number of esters is 1. The molecule has 2 rings (SSSR count). The summed E-state index contributed by atoms with van der Waals surface area (Å²) in [4.78, 5) is 37.3. The maximum absolute atomic E-state index is 12.0. The van der Waals surface area contributed by atoms with Crippen molar-refractivity contribution in [1.82, 2.24) is 4.90 Å². The topological polar surface area (TPSA) is 66.9 Å². The zero-order valence-corrected chi connectivity index (χ0v) is 11.6. The van der Waals surface area contributed by atoms with Crippen LogP contribution in [0, 0.1) is 0 Å². The van der Waals surface area contributed by atoms with Gasteiger partial charge in [0.25, 0.3) is 0 Å². The summed E-state index contributed by atoms with van der Waals surface area (Å²) in [6.45, 7) is 1.49. The van der Waals surface area contributed by atoms with Crippen molar-refractivity contribution in [2.75, 3.05) is 18.1 Å². The number of thiocarbonyl (C=S) groups is 1. The highest BCUT2D eigenvalue weighted by molar-refractivity contribution is 7.80. The van der Waals surface area contributed by atoms with Gasteiger partial charge in [0, 0.05) is 0 Å². The number of carbonyl (C=O) groups excluding carboxylic acids is 3. The minimum atomic E-state index is -0.827. The van der Waals surface area contributed by atoms with Crippen LogP contribution in [0.25, 0.3) is 0 Å². The van der Waals surface area contributed by atoms with Crippen molar-refractivity contribution in [2.45, 2.75) is 6.92 Å². The maximum atomic E-state index is 12.0. The van der Waals surface area contributed by atoms with E-state index in [4.69, 9.17) is 17.0 Å². The molecule has 1 aliphatic rings. The van der Waals surface area contributed by atoms with Crippen LogP contribution in [0.1, 0.15) is 6.92 Å². The van der Waals surface area contributed by atoms with Crippen molar-refractivity contribution in [2.24, 2.45) is 0 Å². The van der Waals surface area contributed by atoms with E-state index < -0.39 is 17.8 Å². The van der Waals surface area contributed by atoms with Crippen LogP contribution in [0.2, 0.25) is 0 Å². The summed E-state index contributed by atoms with van der Waals surface area (Å²) in [5.74, 6) is -2.21. The Kier molecular flexibility index (Phi) is 4.09. The lowest BCUT2D eigenvalue weighted by Crippen LogP contribution is -2.37. The minimum absolute atomic E-state index is 0.0146. The lowest BCUT2D eigenvalue weighted by atomic mass is 10.3. The first kappa shape index (κ1) is 14.1. The molecule has 0 spiro atoms. The maximum Gasteiger partial charge on any atom is 0.326 e. The molecule has 1 aromatic carbocycles. The third kappa shape index (κ3) is 2.53. The van der Waals surface area contributed by atoms with Crippen molar-refractivity contribution < 1.29 is 19.1 Å². The van der Waals surface area contributed by atoms with Gasteiger partial charge < -0.3 is 4.74 Å². The van der Waals surface area contributed by atoms with Crippen LogP contribution in [0.3, 0.4) is 0 Å². The second-order valence-electron chi connectivity index (χ2n) is 3.96. The summed E-state index contributed by atoms with van der Waals surface area (Å²) in [5.41, 5.74) is 0.488. The summed E-state index contributed by atoms with van der Waals surface area (Å²) in [7, 11) is 0. The second kappa shape index (κ2) is 5.79. The summed E-state index contributed by atoms with van der Waals surface area (Å²) in [5, 5.41) is -0.0146. The van der Waals surface area contributed by atoms with E-state index in [0.29, 0.717) is 5.69 Å². The monoisotopic (exact) mass is 292 g/mol. The molecule has 1 heterocycles. The van der Waals surface area contributed by atoms with E-state index in [9.17, 15) is 14.4 Å². The minimum Gasteiger partial charge on any atom is -0.465 e. The van der Waals surface area contributed by atoms with E-state index in [-0.39, 0.29) is 18.3 Å². The third-order valence-electron chi connectivity index (χ3n) is 2.66. The fraction of sp³-hybridized carbons (Fsp3) is 0.231. The first-order valence-corrected chi connectivity index (χ1v) is 6.37. The zero-order valence-electron chi connectivity index (χ0n) is 10.7. The standard InChI is InChI=1S/C13H12N2O4S/c1-2-19-10(16)8-14-11(17)12(18)15(13(14)20)9-6-4-3-5-7-9/h3-7H,2,8H2,1H3. The molecular weight excluding hydrogens is 280 g/mol. The largest absolute Gasteiger partial charge is 0.465 e. The number of amides is 2. The summed E-state index contributed by atoms with van der Waals surface area (Å²) in [6.07, 6.45) is 0. The van der Waals surface area contributed by atoms with Gasteiger partial charge in [0.15, 0.2) is 5.11 Å². The Hall–Kier alpha value is -2.28. The van der Waals surface area contributed by atoms with Crippen molar-refractivity contribution in [3.05, 3.63) is 30.3 Å². The Balaban J connectivity index is 2.23. The number of anilines is 1. The molecule has 1 aliphatic heterocycles. The van der Waals surface area contributed by atoms with Crippen LogP contribution in [-0.2, 0) is 19.1 Å². The molecule has 6 nitrogen and oxygen atoms in total. The van der Waals surface area contributed by atoms with Crippen LogP contribution in [0.5, 0.6) is 0 Å². The van der Waals surface area contributed by atoms with Crippen LogP contribution in [-0.4, -0.2) is 40.9 Å². The highest BCUT2D eigenvalue weighted by Gasteiger charge is 2.43. The first-order chi connectivity index (χ1) is 9.56. The van der Waals surface area contributed by atoms with Gasteiger partial charge in [-0.15, -0.1) is 0 Å². The number of benzene rings is 1. The Bertz CT molecular complexity index is 573. The highest BCUT2D eigenvalue weighted by atomic mass is 32.1. The van der Waals surface area contributed by atoms with Crippen molar-refractivity contribution in [3.63, 3.8) is 0 Å². The fourth-order valence-corrected chi connectivity index (χ4v) is 2.12. The van der Waals surface area contributed by atoms with E-state index >= 15 is 0 Å². The number of hydrogen-bond acceptors (Lipinski definition) is 5. The summed E-state index contributed by atoms with van der Waals surface area (Å²) >= 11 is 5.10. The number of para-hydroxylation sites is 1. The van der Waals surface area contributed by atoms with Crippen LogP contribution < -0.4 is 4.90 Å². The molecule has 1 saturated heterocycles. The molecule has 1 fully saturated rings. The molecule has 0 unspecified atom stereocenters. The van der Waals surface area contributed by atoms with E-state index in [1.807, 2.05) is 0 Å². The first-order valence-electron chi connectivity index (χ1n) is 5.96. The molecule has 0 atom stereocenters. The van der Waals surface area contributed by atoms with Crippen molar-refractivity contribution in [3.8, 4) is 0 Å². The third-order valence-corrected chi connectivity index (χ3v) is 3.06. The van der Waals surface area contributed by atoms with Crippen molar-refractivity contribution in [1.29, 1.82) is 0 Å². The van der Waals surface area contributed by atoms with Gasteiger partial charge in [0.1, 0.15) is 6.54 Å². The van der Waals surface area contributed by atoms with Crippen molar-refractivity contribution >= 4 is 40.8 Å². The van der Waals surface area contributed by atoms with E-state index in [2.05, 4.69) is 0 Å². The SMILES string of the molecule is CCOC(=O)CN1C(=O)C(=O)N(c2ccccc2)C1=S. The molecule has 0 radical (unpaired) electrons. The molecule has 2 amide bonds. The predicted octanol–water partition coefficient (Wildman–Crippen LogP) is 0.710. The van der Waals surface area contributed by atoms with Gasteiger partial charge in [0.05, 0.1) is 12.3 Å². The molecule has 104 valence electrons. The lowest BCUT2D eigenvalue weighted by molar-refractivity contribution is -0.147. The molecule has 7 heteroatoms. The normalized spacial score (nSPS) is 14.9. The second-order valence-corrected chi connectivity index (χ2v) is 4.32. The number of hydrogen-bond donors (Lipinski definition) is 0. The lowest BCUT2D eigenvalue weighted by Gasteiger charge is -2.17. The number of nitrogens with zero attached hydrogens (tertiary/aromatic N) is 2. The van der Waals surface area contributed by atoms with Gasteiger partial charge in [-0.3, -0.25) is 19.3 Å².